The Labute approximate surface area is 107 Å². The van der Waals surface area contributed by atoms with Gasteiger partial charge in [0.2, 0.25) is 0 Å². The number of carbonyl (C=O) groups excluding carboxylic acids is 1. The second-order valence-corrected chi connectivity index (χ2v) is 5.02. The molecule has 2 rings (SSSR count). The van der Waals surface area contributed by atoms with E-state index in [1.54, 1.807) is 19.2 Å². The van der Waals surface area contributed by atoms with E-state index in [1.165, 1.54) is 0 Å². The minimum atomic E-state index is -0.661. The summed E-state index contributed by atoms with van der Waals surface area (Å²) < 4.78 is 0. The van der Waals surface area contributed by atoms with Crippen LogP contribution in [0.4, 0.5) is 11.4 Å². The van der Waals surface area contributed by atoms with Gasteiger partial charge in [0.05, 0.1) is 17.0 Å². The highest BCUT2D eigenvalue weighted by atomic mass is 16.3. The maximum atomic E-state index is 11.5. The Morgan fingerprint density at radius 1 is 1.56 bits per heavy atom. The highest BCUT2D eigenvalue weighted by Crippen LogP contribution is 2.31. The number of β-amino-alcohol motifs (C(OH)–C–C–N with tert-alkyl or cyclic N) is 1. The van der Waals surface area contributed by atoms with Crippen molar-refractivity contribution in [3.05, 3.63) is 23.8 Å². The predicted octanol–water partition coefficient (Wildman–Crippen LogP) is 0.589. The van der Waals surface area contributed by atoms with Crippen molar-refractivity contribution in [3.8, 4) is 0 Å². The Morgan fingerprint density at radius 2 is 2.28 bits per heavy atom. The van der Waals surface area contributed by atoms with Gasteiger partial charge in [-0.1, -0.05) is 0 Å². The zero-order valence-electron chi connectivity index (χ0n) is 10.7. The van der Waals surface area contributed by atoms with E-state index >= 15 is 0 Å². The summed E-state index contributed by atoms with van der Waals surface area (Å²) in [5.74, 6) is -0.151. The molecule has 1 amide bonds. The number of aliphatic hydroxyl groups is 1. The topological polar surface area (TPSA) is 78.6 Å². The van der Waals surface area contributed by atoms with E-state index in [9.17, 15) is 9.90 Å². The van der Waals surface area contributed by atoms with Gasteiger partial charge in [-0.25, -0.2) is 0 Å². The molecule has 1 aliphatic rings. The van der Waals surface area contributed by atoms with Crippen molar-refractivity contribution in [1.29, 1.82) is 0 Å². The maximum absolute atomic E-state index is 11.5. The molecular weight excluding hydrogens is 230 g/mol. The van der Waals surface area contributed by atoms with Crippen LogP contribution in [-0.2, 0) is 0 Å². The third-order valence-corrected chi connectivity index (χ3v) is 3.31. The number of hydrogen-bond acceptors (Lipinski definition) is 4. The first kappa shape index (κ1) is 12.7. The van der Waals surface area contributed by atoms with Gasteiger partial charge in [0, 0.05) is 25.7 Å². The highest BCUT2D eigenvalue weighted by molar-refractivity contribution is 5.96. The van der Waals surface area contributed by atoms with Gasteiger partial charge >= 0.3 is 0 Å². The minimum Gasteiger partial charge on any atom is -0.397 e. The summed E-state index contributed by atoms with van der Waals surface area (Å²) >= 11 is 0. The van der Waals surface area contributed by atoms with Crippen molar-refractivity contribution in [2.75, 3.05) is 30.8 Å². The molecule has 0 bridgehead atoms. The van der Waals surface area contributed by atoms with Crippen molar-refractivity contribution in [1.82, 2.24) is 5.32 Å². The van der Waals surface area contributed by atoms with Crippen molar-refractivity contribution < 1.29 is 9.90 Å². The summed E-state index contributed by atoms with van der Waals surface area (Å²) in [5, 5.41) is 12.5. The van der Waals surface area contributed by atoms with Crippen LogP contribution in [0.3, 0.4) is 0 Å². The van der Waals surface area contributed by atoms with Gasteiger partial charge in [-0.05, 0) is 31.5 Å². The molecule has 1 unspecified atom stereocenters. The number of hydrogen-bond donors (Lipinski definition) is 3. The minimum absolute atomic E-state index is 0.151. The molecule has 1 saturated heterocycles. The lowest BCUT2D eigenvalue weighted by Gasteiger charge is -2.22. The Bertz CT molecular complexity index is 471. The molecule has 1 atom stereocenters. The van der Waals surface area contributed by atoms with E-state index in [0.717, 1.165) is 18.7 Å². The average Bonchev–Trinajstić information content (AvgIpc) is 2.68. The molecule has 1 aliphatic heterocycles. The van der Waals surface area contributed by atoms with Crippen LogP contribution in [0.15, 0.2) is 18.2 Å². The average molecular weight is 249 g/mol. The lowest BCUT2D eigenvalue weighted by atomic mass is 10.1. The summed E-state index contributed by atoms with van der Waals surface area (Å²) in [6.07, 6.45) is 0.726. The van der Waals surface area contributed by atoms with Gasteiger partial charge in [-0.2, -0.15) is 0 Å². The summed E-state index contributed by atoms with van der Waals surface area (Å²) in [4.78, 5) is 13.5. The van der Waals surface area contributed by atoms with Gasteiger partial charge in [0.15, 0.2) is 0 Å². The molecule has 0 aromatic heterocycles. The Hall–Kier alpha value is -1.75. The molecule has 1 aromatic carbocycles. The van der Waals surface area contributed by atoms with E-state index in [4.69, 9.17) is 5.73 Å². The third-order valence-electron chi connectivity index (χ3n) is 3.31. The number of nitrogens with zero attached hydrogens (tertiary/aromatic N) is 1. The smallest absolute Gasteiger partial charge is 0.251 e. The number of carbonyl (C=O) groups is 1. The van der Waals surface area contributed by atoms with Gasteiger partial charge < -0.3 is 21.1 Å². The molecule has 18 heavy (non-hydrogen) atoms. The summed E-state index contributed by atoms with van der Waals surface area (Å²) in [5.41, 5.74) is 7.30. The number of nitrogen functional groups attached to an aromatic ring is 1. The second kappa shape index (κ2) is 4.49. The van der Waals surface area contributed by atoms with Gasteiger partial charge in [-0.3, -0.25) is 4.79 Å². The largest absolute Gasteiger partial charge is 0.397 e. The SMILES string of the molecule is CNC(=O)c1ccc(N2CCC(C)(O)C2)c(N)c1. The Kier molecular flexibility index (Phi) is 3.17. The van der Waals surface area contributed by atoms with Gasteiger partial charge in [-0.15, -0.1) is 0 Å². The van der Waals surface area contributed by atoms with Crippen molar-refractivity contribution in [2.45, 2.75) is 18.9 Å². The Morgan fingerprint density at radius 3 is 2.78 bits per heavy atom. The molecule has 0 saturated carbocycles. The first-order chi connectivity index (χ1) is 8.43. The van der Waals surface area contributed by atoms with Gasteiger partial charge in [0.1, 0.15) is 0 Å². The maximum Gasteiger partial charge on any atom is 0.251 e. The molecule has 1 fully saturated rings. The molecule has 0 spiro atoms. The van der Waals surface area contributed by atoms with E-state index in [2.05, 4.69) is 5.32 Å². The molecule has 1 aromatic rings. The molecule has 1 heterocycles. The lowest BCUT2D eigenvalue weighted by Crippen LogP contribution is -2.30. The molecule has 98 valence electrons. The van der Waals surface area contributed by atoms with E-state index < -0.39 is 5.60 Å². The molecule has 0 aliphatic carbocycles. The summed E-state index contributed by atoms with van der Waals surface area (Å²) in [6.45, 7) is 3.16. The third kappa shape index (κ3) is 2.41. The Balaban J connectivity index is 2.23. The number of amides is 1. The molecular formula is C13H19N3O2. The quantitative estimate of drug-likeness (QED) is 0.670. The number of benzene rings is 1. The molecule has 4 N–H and O–H groups in total. The van der Waals surface area contributed by atoms with Gasteiger partial charge in [0.25, 0.3) is 5.91 Å². The fourth-order valence-corrected chi connectivity index (χ4v) is 2.28. The second-order valence-electron chi connectivity index (χ2n) is 5.02. The zero-order valence-corrected chi connectivity index (χ0v) is 10.7. The van der Waals surface area contributed by atoms with Crippen LogP contribution in [-0.4, -0.2) is 36.8 Å². The summed E-state index contributed by atoms with van der Waals surface area (Å²) in [7, 11) is 1.59. The first-order valence-corrected chi connectivity index (χ1v) is 6.02. The predicted molar refractivity (Wildman–Crippen MR) is 71.7 cm³/mol. The monoisotopic (exact) mass is 249 g/mol. The number of rotatable bonds is 2. The van der Waals surface area contributed by atoms with Crippen LogP contribution < -0.4 is 16.0 Å². The van der Waals surface area contributed by atoms with Crippen molar-refractivity contribution >= 4 is 17.3 Å². The standard InChI is InChI=1S/C13H19N3O2/c1-13(18)5-6-16(8-13)11-4-3-9(7-10(11)14)12(17)15-2/h3-4,7,18H,5-6,8,14H2,1-2H3,(H,15,17). The first-order valence-electron chi connectivity index (χ1n) is 6.02. The number of nitrogens with two attached hydrogens (primary N) is 1. The van der Waals surface area contributed by atoms with Crippen molar-refractivity contribution in [3.63, 3.8) is 0 Å². The van der Waals surface area contributed by atoms with Crippen LogP contribution in [0.1, 0.15) is 23.7 Å². The molecule has 0 radical (unpaired) electrons. The summed E-state index contributed by atoms with van der Waals surface area (Å²) in [6, 6.07) is 5.25. The van der Waals surface area contributed by atoms with E-state index in [-0.39, 0.29) is 5.91 Å². The van der Waals surface area contributed by atoms with Crippen LogP contribution in [0, 0.1) is 0 Å². The fourth-order valence-electron chi connectivity index (χ4n) is 2.28. The lowest BCUT2D eigenvalue weighted by molar-refractivity contribution is 0.0839. The van der Waals surface area contributed by atoms with Crippen LogP contribution >= 0.6 is 0 Å². The number of nitrogens with one attached hydrogen (secondary N) is 1. The zero-order chi connectivity index (χ0) is 13.3. The normalized spacial score (nSPS) is 23.2. The van der Waals surface area contributed by atoms with Crippen LogP contribution in [0.2, 0.25) is 0 Å². The molecule has 5 nitrogen and oxygen atoms in total. The highest BCUT2D eigenvalue weighted by Gasteiger charge is 2.32. The number of anilines is 2. The fraction of sp³-hybridized carbons (Fsp3) is 0.462. The van der Waals surface area contributed by atoms with Crippen LogP contribution in [0.5, 0.6) is 0 Å². The van der Waals surface area contributed by atoms with E-state index in [1.807, 2.05) is 17.9 Å². The van der Waals surface area contributed by atoms with Crippen molar-refractivity contribution in [2.24, 2.45) is 0 Å². The molecule has 5 heteroatoms. The van der Waals surface area contributed by atoms with E-state index in [0.29, 0.717) is 17.8 Å². The van der Waals surface area contributed by atoms with Crippen LogP contribution in [0.25, 0.3) is 0 Å².